The van der Waals surface area contributed by atoms with Crippen LogP contribution in [0.4, 0.5) is 0 Å². The first kappa shape index (κ1) is 19.6. The Labute approximate surface area is 164 Å². The quantitative estimate of drug-likeness (QED) is 0.597. The zero-order valence-corrected chi connectivity index (χ0v) is 17.7. The fourth-order valence-electron chi connectivity index (χ4n) is 3.79. The normalized spacial score (nSPS) is 15.0. The standard InChI is InChI=1S/C22H31N3OSi/c1-22(2,3)27(19-11-6-4-7-12-19,20-13-8-5-9-14-20)26-18-17-25-21-23-15-10-16-24-21/h4-9,11-14H,10,15-18H2,1-3H3,(H2,23,24,25). The highest BCUT2D eigenvalue weighted by Gasteiger charge is 2.49. The molecule has 144 valence electrons. The van der Waals surface area contributed by atoms with Crippen LogP contribution in [-0.2, 0) is 4.43 Å². The van der Waals surface area contributed by atoms with E-state index < -0.39 is 8.32 Å². The molecule has 5 heteroatoms. The van der Waals surface area contributed by atoms with E-state index >= 15 is 0 Å². The van der Waals surface area contributed by atoms with Crippen molar-refractivity contribution in [3.8, 4) is 0 Å². The fraction of sp³-hybridized carbons (Fsp3) is 0.409. The van der Waals surface area contributed by atoms with Crippen LogP contribution >= 0.6 is 0 Å². The lowest BCUT2D eigenvalue weighted by molar-refractivity contribution is 0.302. The predicted molar refractivity (Wildman–Crippen MR) is 116 cm³/mol. The molecule has 0 unspecified atom stereocenters. The summed E-state index contributed by atoms with van der Waals surface area (Å²) in [5.74, 6) is 0.896. The summed E-state index contributed by atoms with van der Waals surface area (Å²) in [7, 11) is -2.44. The number of nitrogens with zero attached hydrogens (tertiary/aromatic N) is 1. The smallest absolute Gasteiger partial charge is 0.261 e. The van der Waals surface area contributed by atoms with Crippen molar-refractivity contribution in [2.75, 3.05) is 26.2 Å². The molecule has 0 radical (unpaired) electrons. The summed E-state index contributed by atoms with van der Waals surface area (Å²) >= 11 is 0. The Morgan fingerprint density at radius 2 is 1.59 bits per heavy atom. The first-order chi connectivity index (χ1) is 13.0. The SMILES string of the molecule is CC(C)(C)[Si](OCCNC1=NCCCN1)(c1ccccc1)c1ccccc1. The lowest BCUT2D eigenvalue weighted by atomic mass is 10.2. The third-order valence-electron chi connectivity index (χ3n) is 5.03. The lowest BCUT2D eigenvalue weighted by Gasteiger charge is -2.43. The summed E-state index contributed by atoms with van der Waals surface area (Å²) in [5, 5.41) is 9.33. The molecule has 2 aromatic carbocycles. The van der Waals surface area contributed by atoms with Crippen LogP contribution in [0.2, 0.25) is 5.04 Å². The first-order valence-corrected chi connectivity index (χ1v) is 11.7. The zero-order chi connectivity index (χ0) is 19.2. The van der Waals surface area contributed by atoms with E-state index in [2.05, 4.69) is 97.1 Å². The van der Waals surface area contributed by atoms with E-state index in [0.29, 0.717) is 6.61 Å². The van der Waals surface area contributed by atoms with E-state index in [1.165, 1.54) is 10.4 Å². The largest absolute Gasteiger partial charge is 0.406 e. The molecule has 1 aliphatic rings. The summed E-state index contributed by atoms with van der Waals surface area (Å²) in [6.07, 6.45) is 1.10. The van der Waals surface area contributed by atoms with Gasteiger partial charge in [-0.2, -0.15) is 0 Å². The van der Waals surface area contributed by atoms with E-state index in [1.807, 2.05) is 0 Å². The van der Waals surface area contributed by atoms with E-state index in [-0.39, 0.29) is 5.04 Å². The van der Waals surface area contributed by atoms with E-state index in [4.69, 9.17) is 4.43 Å². The molecular formula is C22H31N3OSi. The molecule has 0 fully saturated rings. The van der Waals surface area contributed by atoms with E-state index in [1.54, 1.807) is 0 Å². The first-order valence-electron chi connectivity index (χ1n) is 9.81. The predicted octanol–water partition coefficient (Wildman–Crippen LogP) is 2.50. The third-order valence-corrected chi connectivity index (χ3v) is 10.1. The minimum atomic E-state index is -2.44. The Hall–Kier alpha value is -2.11. The minimum absolute atomic E-state index is 0.0102. The lowest BCUT2D eigenvalue weighted by Crippen LogP contribution is -2.67. The number of aliphatic imine (C=N–C) groups is 1. The number of rotatable bonds is 6. The van der Waals surface area contributed by atoms with Crippen LogP contribution in [0.15, 0.2) is 65.7 Å². The second kappa shape index (κ2) is 8.72. The van der Waals surface area contributed by atoms with Crippen molar-refractivity contribution in [3.63, 3.8) is 0 Å². The molecule has 0 saturated heterocycles. The van der Waals surface area contributed by atoms with E-state index in [9.17, 15) is 0 Å². The molecule has 4 nitrogen and oxygen atoms in total. The van der Waals surface area contributed by atoms with Crippen molar-refractivity contribution < 1.29 is 4.43 Å². The molecule has 2 aromatic rings. The molecule has 1 heterocycles. The molecule has 0 saturated carbocycles. The Morgan fingerprint density at radius 3 is 2.07 bits per heavy atom. The molecule has 3 rings (SSSR count). The van der Waals surface area contributed by atoms with Crippen LogP contribution in [0.25, 0.3) is 0 Å². The van der Waals surface area contributed by atoms with Crippen LogP contribution in [0.1, 0.15) is 27.2 Å². The molecule has 0 aliphatic carbocycles. The number of benzene rings is 2. The van der Waals surface area contributed by atoms with Crippen LogP contribution in [0.3, 0.4) is 0 Å². The van der Waals surface area contributed by atoms with Gasteiger partial charge in [0.25, 0.3) is 8.32 Å². The summed E-state index contributed by atoms with van der Waals surface area (Å²) < 4.78 is 6.85. The van der Waals surface area contributed by atoms with Gasteiger partial charge < -0.3 is 15.1 Å². The molecule has 0 spiro atoms. The molecule has 0 bridgehead atoms. The van der Waals surface area contributed by atoms with E-state index in [0.717, 1.165) is 32.0 Å². The highest BCUT2D eigenvalue weighted by atomic mass is 28.4. The Morgan fingerprint density at radius 1 is 1.00 bits per heavy atom. The van der Waals surface area contributed by atoms with Crippen LogP contribution in [0.5, 0.6) is 0 Å². The van der Waals surface area contributed by atoms with Crippen LogP contribution in [0, 0.1) is 0 Å². The van der Waals surface area contributed by atoms with Gasteiger partial charge in [-0.3, -0.25) is 4.99 Å². The van der Waals surface area contributed by atoms with Crippen molar-refractivity contribution in [1.29, 1.82) is 0 Å². The maximum absolute atomic E-state index is 6.85. The average Bonchev–Trinajstić information content (AvgIpc) is 2.69. The van der Waals surface area contributed by atoms with Gasteiger partial charge in [0.15, 0.2) is 5.96 Å². The summed E-state index contributed by atoms with van der Waals surface area (Å²) in [6, 6.07) is 21.5. The van der Waals surface area contributed by atoms with Gasteiger partial charge in [0.05, 0.1) is 6.61 Å². The number of hydrogen-bond acceptors (Lipinski definition) is 4. The van der Waals surface area contributed by atoms with Crippen molar-refractivity contribution in [1.82, 2.24) is 10.6 Å². The van der Waals surface area contributed by atoms with Gasteiger partial charge >= 0.3 is 0 Å². The minimum Gasteiger partial charge on any atom is -0.406 e. The topological polar surface area (TPSA) is 45.6 Å². The van der Waals surface area contributed by atoms with Crippen LogP contribution in [-0.4, -0.2) is 40.5 Å². The van der Waals surface area contributed by atoms with Crippen molar-refractivity contribution in [2.24, 2.45) is 4.99 Å². The highest BCUT2D eigenvalue weighted by molar-refractivity contribution is 6.99. The average molecular weight is 382 g/mol. The molecule has 2 N–H and O–H groups in total. The Bertz CT molecular complexity index is 702. The van der Waals surface area contributed by atoms with Gasteiger partial charge in [-0.25, -0.2) is 0 Å². The third kappa shape index (κ3) is 4.42. The maximum Gasteiger partial charge on any atom is 0.261 e. The summed E-state index contributed by atoms with van der Waals surface area (Å²) in [6.45, 7) is 10.2. The summed E-state index contributed by atoms with van der Waals surface area (Å²) in [5.41, 5.74) is 0. The zero-order valence-electron chi connectivity index (χ0n) is 16.7. The highest BCUT2D eigenvalue weighted by Crippen LogP contribution is 2.36. The number of nitrogens with one attached hydrogen (secondary N) is 2. The van der Waals surface area contributed by atoms with Gasteiger partial charge in [0.1, 0.15) is 0 Å². The Kier molecular flexibility index (Phi) is 6.34. The molecule has 1 aliphatic heterocycles. The second-order valence-corrected chi connectivity index (χ2v) is 12.3. The molecular weight excluding hydrogens is 350 g/mol. The van der Waals surface area contributed by atoms with Gasteiger partial charge in [-0.1, -0.05) is 81.4 Å². The van der Waals surface area contributed by atoms with Gasteiger partial charge in [-0.05, 0) is 21.8 Å². The number of guanidine groups is 1. The monoisotopic (exact) mass is 381 g/mol. The molecule has 27 heavy (non-hydrogen) atoms. The molecule has 0 amide bonds. The fourth-order valence-corrected chi connectivity index (χ4v) is 8.35. The number of hydrogen-bond donors (Lipinski definition) is 2. The second-order valence-electron chi connectivity index (χ2n) is 7.95. The van der Waals surface area contributed by atoms with Crippen molar-refractivity contribution >= 4 is 24.7 Å². The van der Waals surface area contributed by atoms with Crippen molar-refractivity contribution in [2.45, 2.75) is 32.2 Å². The molecule has 0 aromatic heterocycles. The van der Waals surface area contributed by atoms with Gasteiger partial charge in [0.2, 0.25) is 0 Å². The van der Waals surface area contributed by atoms with Crippen LogP contribution < -0.4 is 21.0 Å². The molecule has 0 atom stereocenters. The van der Waals surface area contributed by atoms with Gasteiger partial charge in [-0.15, -0.1) is 0 Å². The summed E-state index contributed by atoms with van der Waals surface area (Å²) in [4.78, 5) is 4.48. The van der Waals surface area contributed by atoms with Crippen molar-refractivity contribution in [3.05, 3.63) is 60.7 Å². The maximum atomic E-state index is 6.85. The van der Waals surface area contributed by atoms with Gasteiger partial charge in [0, 0.05) is 19.6 Å². The Balaban J connectivity index is 1.86.